The molecular weight excluding hydrogens is 338 g/mol. The lowest BCUT2D eigenvalue weighted by molar-refractivity contribution is -0.124. The van der Waals surface area contributed by atoms with Crippen molar-refractivity contribution < 1.29 is 9.90 Å². The normalized spacial score (nSPS) is 12.6. The molecule has 0 aliphatic carbocycles. The van der Waals surface area contributed by atoms with Crippen molar-refractivity contribution >= 4 is 11.6 Å². The van der Waals surface area contributed by atoms with Gasteiger partial charge < -0.3 is 15.0 Å². The Morgan fingerprint density at radius 2 is 1.81 bits per heavy atom. The number of aliphatic hydroxyl groups is 1. The van der Waals surface area contributed by atoms with E-state index in [0.717, 1.165) is 11.1 Å². The predicted octanol–water partition coefficient (Wildman–Crippen LogP) is 4.06. The first-order valence-electron chi connectivity index (χ1n) is 8.92. The average molecular weight is 363 g/mol. The molecule has 27 heavy (non-hydrogen) atoms. The third kappa shape index (κ3) is 4.26. The van der Waals surface area contributed by atoms with Crippen LogP contribution in [0.25, 0.3) is 11.1 Å². The first-order valence-corrected chi connectivity index (χ1v) is 8.92. The van der Waals surface area contributed by atoms with Crippen LogP contribution in [-0.2, 0) is 17.3 Å². The molecule has 0 aliphatic heterocycles. The number of aryl methyl sites for hydroxylation is 1. The van der Waals surface area contributed by atoms with Crippen LogP contribution in [0.1, 0.15) is 38.1 Å². The second kappa shape index (κ2) is 7.37. The average Bonchev–Trinajstić information content (AvgIpc) is 3.06. The van der Waals surface area contributed by atoms with E-state index in [1.165, 1.54) is 11.8 Å². The maximum absolute atomic E-state index is 12.4. The van der Waals surface area contributed by atoms with E-state index < -0.39 is 12.0 Å². The zero-order valence-electron chi connectivity index (χ0n) is 16.1. The Morgan fingerprint density at radius 1 is 1.11 bits per heavy atom. The number of carbonyl (C=O) groups excluding carboxylic acids is 1. The minimum absolute atomic E-state index is 0.107. The second-order valence-corrected chi connectivity index (χ2v) is 7.73. The van der Waals surface area contributed by atoms with Gasteiger partial charge in [-0.2, -0.15) is 0 Å². The summed E-state index contributed by atoms with van der Waals surface area (Å²) in [6.07, 6.45) is 1.76. The molecule has 0 fully saturated rings. The fourth-order valence-corrected chi connectivity index (χ4v) is 2.92. The quantitative estimate of drug-likeness (QED) is 0.735. The number of amides is 1. The van der Waals surface area contributed by atoms with Gasteiger partial charge in [0.25, 0.3) is 5.91 Å². The van der Waals surface area contributed by atoms with Gasteiger partial charge in [-0.1, -0.05) is 57.2 Å². The van der Waals surface area contributed by atoms with Crippen molar-refractivity contribution in [1.82, 2.24) is 9.55 Å². The third-order valence-corrected chi connectivity index (χ3v) is 4.60. The van der Waals surface area contributed by atoms with E-state index in [4.69, 9.17) is 0 Å². The van der Waals surface area contributed by atoms with Crippen LogP contribution >= 0.6 is 0 Å². The number of nitrogens with one attached hydrogen (secondary N) is 1. The minimum Gasteiger partial charge on any atom is -0.377 e. The molecule has 0 aliphatic rings. The van der Waals surface area contributed by atoms with Crippen molar-refractivity contribution in [2.24, 2.45) is 7.05 Å². The number of benzene rings is 2. The van der Waals surface area contributed by atoms with Gasteiger partial charge in [-0.15, -0.1) is 0 Å². The highest BCUT2D eigenvalue weighted by Gasteiger charge is 2.20. The SMILES string of the molecule is Cn1cncc1C(O)C(=O)Nc1cccc(-c2ccc(C(C)(C)C)cc2)c1. The number of anilines is 1. The fourth-order valence-electron chi connectivity index (χ4n) is 2.92. The molecular formula is C22H25N3O2. The van der Waals surface area contributed by atoms with Crippen molar-refractivity contribution in [3.8, 4) is 11.1 Å². The zero-order valence-corrected chi connectivity index (χ0v) is 16.1. The zero-order chi connectivity index (χ0) is 19.6. The molecule has 1 atom stereocenters. The van der Waals surface area contributed by atoms with Gasteiger partial charge in [-0.25, -0.2) is 4.98 Å². The summed E-state index contributed by atoms with van der Waals surface area (Å²) in [7, 11) is 1.74. The number of aliphatic hydroxyl groups excluding tert-OH is 1. The molecule has 0 bridgehead atoms. The molecule has 3 aromatic rings. The van der Waals surface area contributed by atoms with Gasteiger partial charge in [0.2, 0.25) is 0 Å². The Labute approximate surface area is 159 Å². The van der Waals surface area contributed by atoms with Gasteiger partial charge in [0.05, 0.1) is 18.2 Å². The molecule has 0 radical (unpaired) electrons. The molecule has 1 heterocycles. The molecule has 1 aromatic heterocycles. The second-order valence-electron chi connectivity index (χ2n) is 7.73. The van der Waals surface area contributed by atoms with E-state index in [0.29, 0.717) is 11.4 Å². The van der Waals surface area contributed by atoms with E-state index >= 15 is 0 Å². The van der Waals surface area contributed by atoms with Gasteiger partial charge >= 0.3 is 0 Å². The Kier molecular flexibility index (Phi) is 5.15. The molecule has 0 saturated carbocycles. The summed E-state index contributed by atoms with van der Waals surface area (Å²) in [5.41, 5.74) is 4.54. The summed E-state index contributed by atoms with van der Waals surface area (Å²) in [6.45, 7) is 6.56. The first kappa shape index (κ1) is 18.9. The summed E-state index contributed by atoms with van der Waals surface area (Å²) in [4.78, 5) is 16.3. The highest BCUT2D eigenvalue weighted by Crippen LogP contribution is 2.27. The number of hydrogen-bond donors (Lipinski definition) is 2. The smallest absolute Gasteiger partial charge is 0.259 e. The Bertz CT molecular complexity index is 937. The number of nitrogens with zero attached hydrogens (tertiary/aromatic N) is 2. The molecule has 140 valence electrons. The number of imidazole rings is 1. The van der Waals surface area contributed by atoms with Crippen LogP contribution in [0, 0.1) is 0 Å². The number of aromatic nitrogens is 2. The van der Waals surface area contributed by atoms with Crippen molar-refractivity contribution in [2.45, 2.75) is 32.3 Å². The molecule has 1 unspecified atom stereocenters. The van der Waals surface area contributed by atoms with Gasteiger partial charge in [0, 0.05) is 12.7 Å². The predicted molar refractivity (Wildman–Crippen MR) is 107 cm³/mol. The molecule has 0 saturated heterocycles. The highest BCUT2D eigenvalue weighted by atomic mass is 16.3. The molecule has 1 amide bonds. The van der Waals surface area contributed by atoms with E-state index in [1.54, 1.807) is 24.0 Å². The summed E-state index contributed by atoms with van der Waals surface area (Å²) in [5, 5.41) is 13.0. The third-order valence-electron chi connectivity index (χ3n) is 4.60. The summed E-state index contributed by atoms with van der Waals surface area (Å²) in [6, 6.07) is 16.0. The molecule has 0 spiro atoms. The van der Waals surface area contributed by atoms with Crippen LogP contribution in [0.5, 0.6) is 0 Å². The summed E-state index contributed by atoms with van der Waals surface area (Å²) < 4.78 is 1.62. The molecule has 5 nitrogen and oxygen atoms in total. The number of carbonyl (C=O) groups is 1. The lowest BCUT2D eigenvalue weighted by atomic mass is 9.86. The lowest BCUT2D eigenvalue weighted by Crippen LogP contribution is -2.22. The van der Waals surface area contributed by atoms with Crippen LogP contribution in [-0.4, -0.2) is 20.6 Å². The standard InChI is InChI=1S/C22H25N3O2/c1-22(2,3)17-10-8-15(9-11-17)16-6-5-7-18(12-16)24-21(27)20(26)19-13-23-14-25(19)4/h5-14,20,26H,1-4H3,(H,24,27). The minimum atomic E-state index is -1.27. The largest absolute Gasteiger partial charge is 0.377 e. The fraction of sp³-hybridized carbons (Fsp3) is 0.273. The van der Waals surface area contributed by atoms with Crippen molar-refractivity contribution in [1.29, 1.82) is 0 Å². The molecule has 2 N–H and O–H groups in total. The maximum atomic E-state index is 12.4. The van der Waals surface area contributed by atoms with Gasteiger partial charge in [0.15, 0.2) is 6.10 Å². The van der Waals surface area contributed by atoms with E-state index in [2.05, 4.69) is 55.3 Å². The van der Waals surface area contributed by atoms with Crippen LogP contribution in [0.15, 0.2) is 61.1 Å². The molecule has 3 rings (SSSR count). The van der Waals surface area contributed by atoms with Gasteiger partial charge in [-0.05, 0) is 34.2 Å². The van der Waals surface area contributed by atoms with Crippen molar-refractivity contribution in [3.63, 3.8) is 0 Å². The number of rotatable bonds is 4. The van der Waals surface area contributed by atoms with Crippen LogP contribution in [0.3, 0.4) is 0 Å². The van der Waals surface area contributed by atoms with Crippen molar-refractivity contribution in [3.05, 3.63) is 72.3 Å². The van der Waals surface area contributed by atoms with Gasteiger partial charge in [0.1, 0.15) is 0 Å². The Morgan fingerprint density at radius 3 is 2.41 bits per heavy atom. The van der Waals surface area contributed by atoms with Crippen LogP contribution in [0.2, 0.25) is 0 Å². The topological polar surface area (TPSA) is 67.1 Å². The van der Waals surface area contributed by atoms with Crippen LogP contribution < -0.4 is 5.32 Å². The Hall–Kier alpha value is -2.92. The summed E-state index contributed by atoms with van der Waals surface area (Å²) in [5.74, 6) is -0.487. The number of hydrogen-bond acceptors (Lipinski definition) is 3. The molecule has 5 heteroatoms. The maximum Gasteiger partial charge on any atom is 0.259 e. The highest BCUT2D eigenvalue weighted by molar-refractivity contribution is 5.95. The van der Waals surface area contributed by atoms with E-state index in [1.807, 2.05) is 18.2 Å². The van der Waals surface area contributed by atoms with E-state index in [-0.39, 0.29) is 5.41 Å². The summed E-state index contributed by atoms with van der Waals surface area (Å²) >= 11 is 0. The Balaban J connectivity index is 1.77. The molecule has 2 aromatic carbocycles. The first-order chi connectivity index (χ1) is 12.8. The monoisotopic (exact) mass is 363 g/mol. The van der Waals surface area contributed by atoms with E-state index in [9.17, 15) is 9.90 Å². The van der Waals surface area contributed by atoms with Gasteiger partial charge in [-0.3, -0.25) is 4.79 Å². The lowest BCUT2D eigenvalue weighted by Gasteiger charge is -2.19. The van der Waals surface area contributed by atoms with Crippen LogP contribution in [0.4, 0.5) is 5.69 Å². The van der Waals surface area contributed by atoms with Crippen molar-refractivity contribution in [2.75, 3.05) is 5.32 Å².